The second-order valence-electron chi connectivity index (χ2n) is 4.33. The molecule has 0 aliphatic heterocycles. The lowest BCUT2D eigenvalue weighted by atomic mass is 9.91. The molecule has 0 radical (unpaired) electrons. The molecule has 0 heterocycles. The summed E-state index contributed by atoms with van der Waals surface area (Å²) in [5.74, 6) is 0. The van der Waals surface area contributed by atoms with Crippen molar-refractivity contribution < 1.29 is 14.6 Å². The maximum Gasteiger partial charge on any atom is 0.122 e. The predicted molar refractivity (Wildman–Crippen MR) is 51.6 cm³/mol. The largest absolute Gasteiger partial charge is 0.390 e. The first-order valence-electron chi connectivity index (χ1n) is 4.54. The summed E-state index contributed by atoms with van der Waals surface area (Å²) in [6.45, 7) is 5.60. The SMILES string of the molecule is COC(C)(C)CCC(C)(O)CC=O. The van der Waals surface area contributed by atoms with Gasteiger partial charge in [-0.2, -0.15) is 0 Å². The summed E-state index contributed by atoms with van der Waals surface area (Å²) in [6.07, 6.45) is 2.25. The van der Waals surface area contributed by atoms with Crippen LogP contribution in [0.4, 0.5) is 0 Å². The molecular formula is C10H20O3. The number of methoxy groups -OCH3 is 1. The Kier molecular flexibility index (Phi) is 4.57. The van der Waals surface area contributed by atoms with E-state index in [-0.39, 0.29) is 12.0 Å². The second-order valence-corrected chi connectivity index (χ2v) is 4.33. The lowest BCUT2D eigenvalue weighted by Gasteiger charge is -2.28. The summed E-state index contributed by atoms with van der Waals surface area (Å²) in [5, 5.41) is 9.69. The first-order valence-corrected chi connectivity index (χ1v) is 4.54. The van der Waals surface area contributed by atoms with Crippen molar-refractivity contribution in [3.63, 3.8) is 0 Å². The third-order valence-corrected chi connectivity index (χ3v) is 2.34. The highest BCUT2D eigenvalue weighted by Crippen LogP contribution is 2.23. The van der Waals surface area contributed by atoms with Crippen molar-refractivity contribution in [3.8, 4) is 0 Å². The van der Waals surface area contributed by atoms with E-state index >= 15 is 0 Å². The van der Waals surface area contributed by atoms with Gasteiger partial charge in [-0.25, -0.2) is 0 Å². The van der Waals surface area contributed by atoms with Crippen molar-refractivity contribution in [2.24, 2.45) is 0 Å². The Morgan fingerprint density at radius 1 is 1.31 bits per heavy atom. The van der Waals surface area contributed by atoms with Crippen molar-refractivity contribution in [3.05, 3.63) is 0 Å². The van der Waals surface area contributed by atoms with Gasteiger partial charge in [0.05, 0.1) is 11.2 Å². The van der Waals surface area contributed by atoms with Crippen LogP contribution in [0.1, 0.15) is 40.0 Å². The molecule has 0 amide bonds. The Bertz CT molecular complexity index is 162. The van der Waals surface area contributed by atoms with Gasteiger partial charge in [-0.1, -0.05) is 0 Å². The Balaban J connectivity index is 3.93. The van der Waals surface area contributed by atoms with Crippen molar-refractivity contribution in [2.45, 2.75) is 51.2 Å². The lowest BCUT2D eigenvalue weighted by Crippen LogP contribution is -2.30. The molecule has 1 N–H and O–H groups in total. The molecule has 1 atom stereocenters. The van der Waals surface area contributed by atoms with Gasteiger partial charge in [0, 0.05) is 13.5 Å². The standard InChI is InChI=1S/C10H20O3/c1-9(2,13-4)5-6-10(3,12)7-8-11/h8,12H,5-7H2,1-4H3. The van der Waals surface area contributed by atoms with E-state index < -0.39 is 5.60 Å². The lowest BCUT2D eigenvalue weighted by molar-refractivity contribution is -0.112. The normalized spacial score (nSPS) is 16.7. The number of carbonyl (C=O) groups excluding carboxylic acids is 1. The van der Waals surface area contributed by atoms with Gasteiger partial charge in [0.15, 0.2) is 0 Å². The molecule has 0 bridgehead atoms. The summed E-state index contributed by atoms with van der Waals surface area (Å²) in [7, 11) is 1.65. The zero-order valence-electron chi connectivity index (χ0n) is 8.96. The van der Waals surface area contributed by atoms with Gasteiger partial charge < -0.3 is 14.6 Å². The van der Waals surface area contributed by atoms with Crippen molar-refractivity contribution >= 4 is 6.29 Å². The van der Waals surface area contributed by atoms with Crippen molar-refractivity contribution in [2.75, 3.05) is 7.11 Å². The smallest absolute Gasteiger partial charge is 0.122 e. The van der Waals surface area contributed by atoms with Crippen LogP contribution in [0.25, 0.3) is 0 Å². The molecule has 13 heavy (non-hydrogen) atoms. The third kappa shape index (κ3) is 5.77. The van der Waals surface area contributed by atoms with E-state index in [9.17, 15) is 9.90 Å². The maximum atomic E-state index is 10.2. The highest BCUT2D eigenvalue weighted by atomic mass is 16.5. The van der Waals surface area contributed by atoms with Gasteiger partial charge in [-0.05, 0) is 33.6 Å². The van der Waals surface area contributed by atoms with Crippen molar-refractivity contribution in [1.82, 2.24) is 0 Å². The Morgan fingerprint density at radius 3 is 2.23 bits per heavy atom. The zero-order valence-corrected chi connectivity index (χ0v) is 8.96. The molecular weight excluding hydrogens is 168 g/mol. The fourth-order valence-electron chi connectivity index (χ4n) is 0.954. The minimum Gasteiger partial charge on any atom is -0.390 e. The number of aldehydes is 1. The van der Waals surface area contributed by atoms with E-state index in [4.69, 9.17) is 4.74 Å². The summed E-state index contributed by atoms with van der Waals surface area (Å²) in [5.41, 5.74) is -1.12. The molecule has 3 heteroatoms. The van der Waals surface area contributed by atoms with Crippen LogP contribution in [0.2, 0.25) is 0 Å². The number of ether oxygens (including phenoxy) is 1. The Labute approximate surface area is 80.1 Å². The highest BCUT2D eigenvalue weighted by Gasteiger charge is 2.25. The van der Waals surface area contributed by atoms with Crippen LogP contribution in [0.5, 0.6) is 0 Å². The predicted octanol–water partition coefficient (Wildman–Crippen LogP) is 1.53. The topological polar surface area (TPSA) is 46.5 Å². The van der Waals surface area contributed by atoms with E-state index in [1.807, 2.05) is 13.8 Å². The number of aliphatic hydroxyl groups is 1. The fourth-order valence-corrected chi connectivity index (χ4v) is 0.954. The highest BCUT2D eigenvalue weighted by molar-refractivity contribution is 5.51. The minimum atomic E-state index is -0.891. The molecule has 1 unspecified atom stereocenters. The van der Waals surface area contributed by atoms with Gasteiger partial charge in [0.25, 0.3) is 0 Å². The molecule has 0 aromatic carbocycles. The summed E-state index contributed by atoms with van der Waals surface area (Å²) in [4.78, 5) is 10.2. The van der Waals surface area contributed by atoms with Crippen LogP contribution in [0, 0.1) is 0 Å². The van der Waals surface area contributed by atoms with Crippen LogP contribution >= 0.6 is 0 Å². The molecule has 3 nitrogen and oxygen atoms in total. The first kappa shape index (κ1) is 12.6. The van der Waals surface area contributed by atoms with E-state index in [1.54, 1.807) is 14.0 Å². The van der Waals surface area contributed by atoms with E-state index in [0.717, 1.165) is 12.7 Å². The summed E-state index contributed by atoms with van der Waals surface area (Å²) >= 11 is 0. The van der Waals surface area contributed by atoms with Gasteiger partial charge in [-0.3, -0.25) is 0 Å². The van der Waals surface area contributed by atoms with Gasteiger partial charge in [0.1, 0.15) is 6.29 Å². The summed E-state index contributed by atoms with van der Waals surface area (Å²) < 4.78 is 5.21. The van der Waals surface area contributed by atoms with E-state index in [0.29, 0.717) is 6.42 Å². The molecule has 0 aromatic heterocycles. The Hall–Kier alpha value is -0.410. The van der Waals surface area contributed by atoms with Crippen molar-refractivity contribution in [1.29, 1.82) is 0 Å². The van der Waals surface area contributed by atoms with Crippen LogP contribution in [0.15, 0.2) is 0 Å². The Morgan fingerprint density at radius 2 is 1.85 bits per heavy atom. The maximum absolute atomic E-state index is 10.2. The molecule has 0 saturated heterocycles. The molecule has 0 aromatic rings. The van der Waals surface area contributed by atoms with Crippen LogP contribution in [-0.4, -0.2) is 29.7 Å². The first-order chi connectivity index (χ1) is 5.83. The number of rotatable bonds is 6. The quantitative estimate of drug-likeness (QED) is 0.643. The van der Waals surface area contributed by atoms with E-state index in [2.05, 4.69) is 0 Å². The molecule has 0 fully saturated rings. The number of hydrogen-bond donors (Lipinski definition) is 1. The van der Waals surface area contributed by atoms with Crippen LogP contribution in [0.3, 0.4) is 0 Å². The molecule has 0 saturated carbocycles. The molecule has 0 spiro atoms. The molecule has 0 aliphatic rings. The summed E-state index contributed by atoms with van der Waals surface area (Å²) in [6, 6.07) is 0. The molecule has 78 valence electrons. The van der Waals surface area contributed by atoms with Crippen LogP contribution in [-0.2, 0) is 9.53 Å². The second kappa shape index (κ2) is 4.72. The van der Waals surface area contributed by atoms with Gasteiger partial charge in [-0.15, -0.1) is 0 Å². The third-order valence-electron chi connectivity index (χ3n) is 2.34. The number of carbonyl (C=O) groups is 1. The van der Waals surface area contributed by atoms with Crippen LogP contribution < -0.4 is 0 Å². The minimum absolute atomic E-state index is 0.187. The average molecular weight is 188 g/mol. The average Bonchev–Trinajstić information content (AvgIpc) is 2.02. The van der Waals surface area contributed by atoms with Gasteiger partial charge >= 0.3 is 0 Å². The monoisotopic (exact) mass is 188 g/mol. The van der Waals surface area contributed by atoms with E-state index in [1.165, 1.54) is 0 Å². The fraction of sp³-hybridized carbons (Fsp3) is 0.900. The molecule has 0 aliphatic carbocycles. The van der Waals surface area contributed by atoms with Gasteiger partial charge in [0.2, 0.25) is 0 Å². The zero-order chi connectivity index (χ0) is 10.5. The number of hydrogen-bond acceptors (Lipinski definition) is 3. The molecule has 0 rings (SSSR count).